The van der Waals surface area contributed by atoms with Gasteiger partial charge < -0.3 is 10.6 Å². The van der Waals surface area contributed by atoms with Gasteiger partial charge >= 0.3 is 6.03 Å². The molecule has 1 aliphatic rings. The van der Waals surface area contributed by atoms with Crippen LogP contribution in [0.4, 0.5) is 4.79 Å². The summed E-state index contributed by atoms with van der Waals surface area (Å²) in [7, 11) is 0. The molecule has 5 heteroatoms. The lowest BCUT2D eigenvalue weighted by molar-refractivity contribution is 0.237. The molecule has 0 atom stereocenters. The highest BCUT2D eigenvalue weighted by atomic mass is 32.1. The van der Waals surface area contributed by atoms with Gasteiger partial charge in [-0.1, -0.05) is 12.8 Å². The fraction of sp³-hybridized carbons (Fsp3) is 0.667. The Labute approximate surface area is 106 Å². The Balaban J connectivity index is 1.62. The molecule has 1 aromatic heterocycles. The Bertz CT molecular complexity index is 372. The molecule has 4 nitrogen and oxygen atoms in total. The monoisotopic (exact) mass is 253 g/mol. The molecule has 0 aliphatic heterocycles. The average molecular weight is 253 g/mol. The second-order valence-corrected chi connectivity index (χ2v) is 5.82. The van der Waals surface area contributed by atoms with E-state index in [-0.39, 0.29) is 6.03 Å². The van der Waals surface area contributed by atoms with E-state index in [4.69, 9.17) is 0 Å². The average Bonchev–Trinajstić information content (AvgIpc) is 2.90. The predicted octanol–water partition coefficient (Wildman–Crippen LogP) is 2.24. The Morgan fingerprint density at radius 2 is 2.29 bits per heavy atom. The van der Waals surface area contributed by atoms with Crippen molar-refractivity contribution in [1.82, 2.24) is 15.6 Å². The molecule has 17 heavy (non-hydrogen) atoms. The number of aryl methyl sites for hydroxylation is 1. The van der Waals surface area contributed by atoms with Crippen LogP contribution in [0.5, 0.6) is 0 Å². The van der Waals surface area contributed by atoms with Gasteiger partial charge in [0.25, 0.3) is 0 Å². The van der Waals surface area contributed by atoms with Crippen LogP contribution in [-0.2, 0) is 6.42 Å². The lowest BCUT2D eigenvalue weighted by Crippen LogP contribution is -2.41. The third-order valence-electron chi connectivity index (χ3n) is 2.98. The smallest absolute Gasteiger partial charge is 0.315 e. The second-order valence-electron chi connectivity index (χ2n) is 4.50. The van der Waals surface area contributed by atoms with Crippen LogP contribution in [-0.4, -0.2) is 23.6 Å². The van der Waals surface area contributed by atoms with Crippen LogP contribution in [0.3, 0.4) is 0 Å². The van der Waals surface area contributed by atoms with Crippen LogP contribution in [0.1, 0.15) is 35.6 Å². The number of carbonyl (C=O) groups is 1. The lowest BCUT2D eigenvalue weighted by atomic mass is 10.2. The zero-order chi connectivity index (χ0) is 12.1. The van der Waals surface area contributed by atoms with Crippen LogP contribution in [0.25, 0.3) is 0 Å². The summed E-state index contributed by atoms with van der Waals surface area (Å²) in [5.41, 5.74) is 0. The van der Waals surface area contributed by atoms with Gasteiger partial charge in [-0.15, -0.1) is 11.3 Å². The minimum atomic E-state index is -0.0369. The number of nitrogens with zero attached hydrogens (tertiary/aromatic N) is 1. The number of hydrogen-bond acceptors (Lipinski definition) is 3. The summed E-state index contributed by atoms with van der Waals surface area (Å²) >= 11 is 1.69. The molecular weight excluding hydrogens is 234 g/mol. The standard InChI is InChI=1S/C12H19N3OS/c1-9-8-14-11(17-9)6-7-13-12(16)15-10-4-2-3-5-10/h8,10H,2-7H2,1H3,(H2,13,15,16). The number of amides is 2. The molecular formula is C12H19N3OS. The molecule has 0 aromatic carbocycles. The summed E-state index contributed by atoms with van der Waals surface area (Å²) in [6.07, 6.45) is 7.42. The molecule has 0 radical (unpaired) electrons. The highest BCUT2D eigenvalue weighted by Gasteiger charge is 2.16. The largest absolute Gasteiger partial charge is 0.338 e. The summed E-state index contributed by atoms with van der Waals surface area (Å²) in [6, 6.07) is 0.349. The maximum atomic E-state index is 11.6. The predicted molar refractivity (Wildman–Crippen MR) is 69.3 cm³/mol. The van der Waals surface area contributed by atoms with E-state index in [9.17, 15) is 4.79 Å². The molecule has 1 heterocycles. The second kappa shape index (κ2) is 6.00. The molecule has 94 valence electrons. The van der Waals surface area contributed by atoms with Crippen molar-refractivity contribution < 1.29 is 4.79 Å². The summed E-state index contributed by atoms with van der Waals surface area (Å²) in [4.78, 5) is 17.0. The van der Waals surface area contributed by atoms with Gasteiger partial charge in [0.2, 0.25) is 0 Å². The molecule has 1 fully saturated rings. The van der Waals surface area contributed by atoms with Gasteiger partial charge in [-0.3, -0.25) is 0 Å². The number of carbonyl (C=O) groups excluding carboxylic acids is 1. The van der Waals surface area contributed by atoms with Crippen LogP contribution < -0.4 is 10.6 Å². The molecule has 0 bridgehead atoms. The van der Waals surface area contributed by atoms with Crippen molar-refractivity contribution in [3.8, 4) is 0 Å². The molecule has 0 spiro atoms. The lowest BCUT2D eigenvalue weighted by Gasteiger charge is -2.12. The summed E-state index contributed by atoms with van der Waals surface area (Å²) in [5.74, 6) is 0. The number of hydrogen-bond donors (Lipinski definition) is 2. The van der Waals surface area contributed by atoms with Crippen molar-refractivity contribution in [3.05, 3.63) is 16.1 Å². The summed E-state index contributed by atoms with van der Waals surface area (Å²) in [6.45, 7) is 2.70. The first-order valence-electron chi connectivity index (χ1n) is 6.20. The SMILES string of the molecule is Cc1cnc(CCNC(=O)NC2CCCC2)s1. The van der Waals surface area contributed by atoms with Crippen molar-refractivity contribution in [2.24, 2.45) is 0 Å². The van der Waals surface area contributed by atoms with E-state index in [1.807, 2.05) is 13.1 Å². The van der Waals surface area contributed by atoms with Crippen molar-refractivity contribution >= 4 is 17.4 Å². The topological polar surface area (TPSA) is 54.0 Å². The molecule has 1 aliphatic carbocycles. The van der Waals surface area contributed by atoms with Crippen molar-refractivity contribution in [1.29, 1.82) is 0 Å². The molecule has 2 rings (SSSR count). The van der Waals surface area contributed by atoms with E-state index >= 15 is 0 Å². The molecule has 0 saturated heterocycles. The first-order valence-corrected chi connectivity index (χ1v) is 7.01. The number of aromatic nitrogens is 1. The summed E-state index contributed by atoms with van der Waals surface area (Å²) in [5, 5.41) is 6.97. The maximum absolute atomic E-state index is 11.6. The van der Waals surface area contributed by atoms with Crippen LogP contribution >= 0.6 is 11.3 Å². The zero-order valence-corrected chi connectivity index (χ0v) is 11.0. The van der Waals surface area contributed by atoms with E-state index in [1.54, 1.807) is 11.3 Å². The number of urea groups is 1. The number of nitrogens with one attached hydrogen (secondary N) is 2. The molecule has 1 saturated carbocycles. The van der Waals surface area contributed by atoms with Crippen molar-refractivity contribution in [2.45, 2.75) is 45.1 Å². The molecule has 0 unspecified atom stereocenters. The first kappa shape index (κ1) is 12.4. The quantitative estimate of drug-likeness (QED) is 0.864. The van der Waals surface area contributed by atoms with Gasteiger partial charge in [-0.05, 0) is 19.8 Å². The fourth-order valence-electron chi connectivity index (χ4n) is 2.11. The Morgan fingerprint density at radius 1 is 1.53 bits per heavy atom. The first-order chi connectivity index (χ1) is 8.24. The minimum absolute atomic E-state index is 0.0369. The number of rotatable bonds is 4. The van der Waals surface area contributed by atoms with Crippen LogP contribution in [0, 0.1) is 6.92 Å². The fourth-order valence-corrected chi connectivity index (χ4v) is 2.89. The summed E-state index contributed by atoms with van der Waals surface area (Å²) < 4.78 is 0. The van der Waals surface area contributed by atoms with E-state index in [1.165, 1.54) is 17.7 Å². The Hall–Kier alpha value is -1.10. The van der Waals surface area contributed by atoms with Gasteiger partial charge in [0.05, 0.1) is 5.01 Å². The molecule has 2 N–H and O–H groups in total. The van der Waals surface area contributed by atoms with Crippen LogP contribution in [0.15, 0.2) is 6.20 Å². The third kappa shape index (κ3) is 4.00. The Morgan fingerprint density at radius 3 is 2.94 bits per heavy atom. The van der Waals surface area contributed by atoms with E-state index < -0.39 is 0 Å². The Kier molecular flexibility index (Phi) is 4.36. The van der Waals surface area contributed by atoms with E-state index in [0.717, 1.165) is 24.3 Å². The van der Waals surface area contributed by atoms with Gasteiger partial charge in [-0.25, -0.2) is 9.78 Å². The third-order valence-corrected chi connectivity index (χ3v) is 3.96. The maximum Gasteiger partial charge on any atom is 0.315 e. The van der Waals surface area contributed by atoms with Crippen LogP contribution in [0.2, 0.25) is 0 Å². The highest BCUT2D eigenvalue weighted by Crippen LogP contribution is 2.17. The van der Waals surface area contributed by atoms with Gasteiger partial charge in [0, 0.05) is 30.1 Å². The van der Waals surface area contributed by atoms with E-state index in [0.29, 0.717) is 12.6 Å². The molecule has 2 amide bonds. The van der Waals surface area contributed by atoms with Gasteiger partial charge in [-0.2, -0.15) is 0 Å². The van der Waals surface area contributed by atoms with Crippen molar-refractivity contribution in [3.63, 3.8) is 0 Å². The van der Waals surface area contributed by atoms with E-state index in [2.05, 4.69) is 15.6 Å². The molecule has 1 aromatic rings. The normalized spacial score (nSPS) is 16.1. The number of thiazole rings is 1. The van der Waals surface area contributed by atoms with Crippen molar-refractivity contribution in [2.75, 3.05) is 6.54 Å². The zero-order valence-electron chi connectivity index (χ0n) is 10.2. The highest BCUT2D eigenvalue weighted by molar-refractivity contribution is 7.11. The van der Waals surface area contributed by atoms with Gasteiger partial charge in [0.15, 0.2) is 0 Å². The van der Waals surface area contributed by atoms with Gasteiger partial charge in [0.1, 0.15) is 0 Å². The minimum Gasteiger partial charge on any atom is -0.338 e.